The van der Waals surface area contributed by atoms with Crippen molar-refractivity contribution in [2.24, 2.45) is 0 Å². The number of hydrogen-bond donors (Lipinski definition) is 3. The molecular formula is C11H24N2O2S. The highest BCUT2D eigenvalue weighted by Crippen LogP contribution is 1.99. The average Bonchev–Trinajstić information content (AvgIpc) is 2.22. The molecule has 0 fully saturated rings. The van der Waals surface area contributed by atoms with Crippen LogP contribution in [0.4, 0.5) is 0 Å². The number of aliphatic hydroxyl groups is 1. The van der Waals surface area contributed by atoms with Crippen LogP contribution in [0.2, 0.25) is 0 Å². The molecule has 0 unspecified atom stereocenters. The van der Waals surface area contributed by atoms with E-state index in [2.05, 4.69) is 24.5 Å². The predicted octanol–water partition coefficient (Wildman–Crippen LogP) is 0.606. The summed E-state index contributed by atoms with van der Waals surface area (Å²) in [6.07, 6.45) is 1.37. The number of thioether (sulfide) groups is 1. The van der Waals surface area contributed by atoms with E-state index in [1.165, 1.54) is 0 Å². The Labute approximate surface area is 103 Å². The first kappa shape index (κ1) is 15.7. The summed E-state index contributed by atoms with van der Waals surface area (Å²) in [6.45, 7) is 5.84. The van der Waals surface area contributed by atoms with Crippen LogP contribution in [-0.2, 0) is 4.79 Å². The monoisotopic (exact) mass is 248 g/mol. The van der Waals surface area contributed by atoms with Crippen LogP contribution in [0.15, 0.2) is 0 Å². The van der Waals surface area contributed by atoms with Crippen molar-refractivity contribution in [3.8, 4) is 0 Å². The summed E-state index contributed by atoms with van der Waals surface area (Å²) in [4.78, 5) is 11.3. The molecule has 0 atom stereocenters. The van der Waals surface area contributed by atoms with Crippen LogP contribution in [0.25, 0.3) is 0 Å². The molecule has 0 saturated heterocycles. The number of aliphatic hydroxyl groups excluding tert-OH is 1. The van der Waals surface area contributed by atoms with E-state index in [9.17, 15) is 4.79 Å². The van der Waals surface area contributed by atoms with Gasteiger partial charge in [-0.3, -0.25) is 4.79 Å². The first-order valence-corrected chi connectivity index (χ1v) is 7.01. The second kappa shape index (κ2) is 11.2. The average molecular weight is 248 g/mol. The quantitative estimate of drug-likeness (QED) is 0.496. The summed E-state index contributed by atoms with van der Waals surface area (Å²) in [5, 5.41) is 14.6. The molecule has 96 valence electrons. The third-order valence-corrected chi connectivity index (χ3v) is 2.99. The Balaban J connectivity index is 3.17. The summed E-state index contributed by atoms with van der Waals surface area (Å²) in [6, 6.07) is 0.432. The van der Waals surface area contributed by atoms with Gasteiger partial charge >= 0.3 is 0 Å². The summed E-state index contributed by atoms with van der Waals surface area (Å²) in [5.74, 6) is 1.99. The Hall–Kier alpha value is -0.260. The third-order valence-electron chi connectivity index (χ3n) is 1.92. The normalized spacial score (nSPS) is 10.8. The van der Waals surface area contributed by atoms with E-state index in [0.29, 0.717) is 12.5 Å². The van der Waals surface area contributed by atoms with Gasteiger partial charge in [0.15, 0.2) is 0 Å². The van der Waals surface area contributed by atoms with Crippen LogP contribution in [0, 0.1) is 0 Å². The lowest BCUT2D eigenvalue weighted by Crippen LogP contribution is -2.31. The van der Waals surface area contributed by atoms with E-state index >= 15 is 0 Å². The zero-order chi connectivity index (χ0) is 12.2. The van der Waals surface area contributed by atoms with Crippen molar-refractivity contribution in [1.82, 2.24) is 10.6 Å². The van der Waals surface area contributed by atoms with Crippen molar-refractivity contribution in [3.05, 3.63) is 0 Å². The molecule has 0 aliphatic heterocycles. The topological polar surface area (TPSA) is 61.4 Å². The van der Waals surface area contributed by atoms with Gasteiger partial charge in [-0.2, -0.15) is 11.8 Å². The van der Waals surface area contributed by atoms with E-state index in [0.717, 1.165) is 31.0 Å². The van der Waals surface area contributed by atoms with Gasteiger partial charge in [0.05, 0.1) is 0 Å². The zero-order valence-corrected chi connectivity index (χ0v) is 11.1. The van der Waals surface area contributed by atoms with Gasteiger partial charge in [0.2, 0.25) is 5.91 Å². The number of amides is 1. The van der Waals surface area contributed by atoms with Crippen LogP contribution < -0.4 is 10.6 Å². The highest BCUT2D eigenvalue weighted by atomic mass is 32.2. The summed E-state index contributed by atoms with van der Waals surface area (Å²) < 4.78 is 0. The Morgan fingerprint density at radius 1 is 1.31 bits per heavy atom. The smallest absolute Gasteiger partial charge is 0.221 e. The third kappa shape index (κ3) is 11.8. The van der Waals surface area contributed by atoms with Crippen molar-refractivity contribution < 1.29 is 9.90 Å². The van der Waals surface area contributed by atoms with E-state index < -0.39 is 0 Å². The second-order valence-corrected chi connectivity index (χ2v) is 5.12. The molecule has 0 aromatic heterocycles. The zero-order valence-electron chi connectivity index (χ0n) is 10.3. The summed E-state index contributed by atoms with van der Waals surface area (Å²) in [5.41, 5.74) is 0. The molecule has 0 aromatic rings. The molecule has 3 N–H and O–H groups in total. The maximum absolute atomic E-state index is 11.3. The fraction of sp³-hybridized carbons (Fsp3) is 0.909. The van der Waals surface area contributed by atoms with E-state index in [1.54, 1.807) is 11.8 Å². The number of hydrogen-bond acceptors (Lipinski definition) is 4. The number of nitrogens with one attached hydrogen (secondary N) is 2. The number of carbonyl (C=O) groups is 1. The summed E-state index contributed by atoms with van der Waals surface area (Å²) in [7, 11) is 0. The van der Waals surface area contributed by atoms with Gasteiger partial charge in [-0.1, -0.05) is 13.8 Å². The lowest BCUT2D eigenvalue weighted by Gasteiger charge is -2.08. The molecular weight excluding hydrogens is 224 g/mol. The predicted molar refractivity (Wildman–Crippen MR) is 69.8 cm³/mol. The van der Waals surface area contributed by atoms with Crippen molar-refractivity contribution >= 4 is 17.7 Å². The molecule has 0 aliphatic carbocycles. The van der Waals surface area contributed by atoms with Gasteiger partial charge in [0, 0.05) is 37.9 Å². The molecule has 16 heavy (non-hydrogen) atoms. The highest BCUT2D eigenvalue weighted by Gasteiger charge is 2.00. The Kier molecular flexibility index (Phi) is 11.0. The Morgan fingerprint density at radius 3 is 2.69 bits per heavy atom. The van der Waals surface area contributed by atoms with Crippen LogP contribution in [0.1, 0.15) is 26.7 Å². The molecule has 5 heteroatoms. The molecule has 0 rings (SSSR count). The molecule has 0 radical (unpaired) electrons. The van der Waals surface area contributed by atoms with Crippen molar-refractivity contribution in [2.45, 2.75) is 32.7 Å². The summed E-state index contributed by atoms with van der Waals surface area (Å²) >= 11 is 1.76. The number of carbonyl (C=O) groups excluding carboxylic acids is 1. The molecule has 0 heterocycles. The van der Waals surface area contributed by atoms with Crippen molar-refractivity contribution in [2.75, 3.05) is 31.2 Å². The molecule has 0 spiro atoms. The van der Waals surface area contributed by atoms with Crippen LogP contribution in [0.3, 0.4) is 0 Å². The van der Waals surface area contributed by atoms with Gasteiger partial charge < -0.3 is 15.7 Å². The van der Waals surface area contributed by atoms with E-state index in [-0.39, 0.29) is 12.5 Å². The molecule has 0 saturated carbocycles. The lowest BCUT2D eigenvalue weighted by atomic mass is 10.3. The molecule has 0 aromatic carbocycles. The first-order valence-electron chi connectivity index (χ1n) is 5.85. The maximum atomic E-state index is 11.3. The van der Waals surface area contributed by atoms with Crippen LogP contribution in [0.5, 0.6) is 0 Å². The second-order valence-electron chi connectivity index (χ2n) is 3.90. The minimum Gasteiger partial charge on any atom is -0.396 e. The van der Waals surface area contributed by atoms with Crippen LogP contribution in [-0.4, -0.2) is 48.3 Å². The number of rotatable bonds is 10. The Morgan fingerprint density at radius 2 is 2.06 bits per heavy atom. The molecule has 0 bridgehead atoms. The van der Waals surface area contributed by atoms with Gasteiger partial charge in [-0.05, 0) is 12.2 Å². The standard InChI is InChI=1S/C11H24N2O2S/c1-10(2)12-5-4-11(15)13-6-9-16-8-3-7-14/h10,12,14H,3-9H2,1-2H3,(H,13,15). The van der Waals surface area contributed by atoms with Gasteiger partial charge in [0.1, 0.15) is 0 Å². The van der Waals surface area contributed by atoms with Gasteiger partial charge in [-0.15, -0.1) is 0 Å². The minimum atomic E-state index is 0.107. The SMILES string of the molecule is CC(C)NCCC(=O)NCCSCCCO. The molecule has 1 amide bonds. The first-order chi connectivity index (χ1) is 7.66. The van der Waals surface area contributed by atoms with E-state index in [4.69, 9.17) is 5.11 Å². The van der Waals surface area contributed by atoms with Gasteiger partial charge in [-0.25, -0.2) is 0 Å². The van der Waals surface area contributed by atoms with Gasteiger partial charge in [0.25, 0.3) is 0 Å². The maximum Gasteiger partial charge on any atom is 0.221 e. The lowest BCUT2D eigenvalue weighted by molar-refractivity contribution is -0.120. The minimum absolute atomic E-state index is 0.107. The van der Waals surface area contributed by atoms with Crippen molar-refractivity contribution in [3.63, 3.8) is 0 Å². The molecule has 0 aliphatic rings. The molecule has 4 nitrogen and oxygen atoms in total. The Bertz CT molecular complexity index is 177. The fourth-order valence-electron chi connectivity index (χ4n) is 1.09. The van der Waals surface area contributed by atoms with Crippen LogP contribution >= 0.6 is 11.8 Å². The van der Waals surface area contributed by atoms with E-state index in [1.807, 2.05) is 0 Å². The highest BCUT2D eigenvalue weighted by molar-refractivity contribution is 7.99. The fourth-order valence-corrected chi connectivity index (χ4v) is 1.88. The van der Waals surface area contributed by atoms with Crippen molar-refractivity contribution in [1.29, 1.82) is 0 Å². The largest absolute Gasteiger partial charge is 0.396 e.